The van der Waals surface area contributed by atoms with E-state index in [1.54, 1.807) is 24.5 Å². The third-order valence-electron chi connectivity index (χ3n) is 4.57. The van der Waals surface area contributed by atoms with Crippen LogP contribution in [0.3, 0.4) is 0 Å². The van der Waals surface area contributed by atoms with E-state index in [9.17, 15) is 9.18 Å². The lowest BCUT2D eigenvalue weighted by Crippen LogP contribution is -2.30. The van der Waals surface area contributed by atoms with E-state index in [1.165, 1.54) is 23.9 Å². The average Bonchev–Trinajstić information content (AvgIpc) is 3.27. The quantitative estimate of drug-likeness (QED) is 0.436. The molecule has 0 spiro atoms. The van der Waals surface area contributed by atoms with Crippen molar-refractivity contribution in [3.05, 3.63) is 89.8 Å². The molecule has 5 nitrogen and oxygen atoms in total. The van der Waals surface area contributed by atoms with Crippen LogP contribution in [0.5, 0.6) is 0 Å². The Balaban J connectivity index is 1.56. The number of hydrogen-bond donors (Lipinski definition) is 1. The van der Waals surface area contributed by atoms with Crippen molar-refractivity contribution in [3.63, 3.8) is 0 Å². The molecule has 7 heteroatoms. The SMILES string of the molecule is C[C@@H](Sc1nc2ccccc2nc1Cc1ccc(F)cc1)C(=O)NCc1ccco1. The highest BCUT2D eigenvalue weighted by atomic mass is 32.2. The first-order valence-electron chi connectivity index (χ1n) is 9.55. The molecule has 0 aliphatic carbocycles. The highest BCUT2D eigenvalue weighted by molar-refractivity contribution is 8.00. The number of nitrogens with zero attached hydrogens (tertiary/aromatic N) is 2. The number of nitrogens with one attached hydrogen (secondary N) is 1. The van der Waals surface area contributed by atoms with Crippen molar-refractivity contribution < 1.29 is 13.6 Å². The lowest BCUT2D eigenvalue weighted by atomic mass is 10.1. The van der Waals surface area contributed by atoms with Crippen molar-refractivity contribution >= 4 is 28.7 Å². The van der Waals surface area contributed by atoms with Crippen molar-refractivity contribution in [2.75, 3.05) is 0 Å². The number of benzene rings is 2. The molecule has 0 aliphatic heterocycles. The van der Waals surface area contributed by atoms with Crippen molar-refractivity contribution in [3.8, 4) is 0 Å². The number of thioether (sulfide) groups is 1. The van der Waals surface area contributed by atoms with Crippen molar-refractivity contribution in [1.29, 1.82) is 0 Å². The minimum absolute atomic E-state index is 0.112. The van der Waals surface area contributed by atoms with Gasteiger partial charge >= 0.3 is 0 Å². The summed E-state index contributed by atoms with van der Waals surface area (Å²) in [6.07, 6.45) is 2.08. The molecule has 2 aromatic carbocycles. The van der Waals surface area contributed by atoms with E-state index in [0.29, 0.717) is 23.8 Å². The van der Waals surface area contributed by atoms with Crippen LogP contribution in [0.25, 0.3) is 11.0 Å². The highest BCUT2D eigenvalue weighted by Crippen LogP contribution is 2.28. The van der Waals surface area contributed by atoms with Gasteiger partial charge in [0.2, 0.25) is 5.91 Å². The molecular formula is C23H20FN3O2S. The molecule has 0 unspecified atom stereocenters. The van der Waals surface area contributed by atoms with Crippen LogP contribution in [0.4, 0.5) is 4.39 Å². The Labute approximate surface area is 177 Å². The topological polar surface area (TPSA) is 68.0 Å². The smallest absolute Gasteiger partial charge is 0.233 e. The van der Waals surface area contributed by atoms with Crippen LogP contribution in [0.1, 0.15) is 23.9 Å². The second kappa shape index (κ2) is 9.09. The third-order valence-corrected chi connectivity index (χ3v) is 5.68. The second-order valence-electron chi connectivity index (χ2n) is 6.82. The maximum absolute atomic E-state index is 13.3. The Kier molecular flexibility index (Phi) is 6.09. The molecule has 0 radical (unpaired) electrons. The van der Waals surface area contributed by atoms with E-state index in [1.807, 2.05) is 37.3 Å². The van der Waals surface area contributed by atoms with E-state index in [-0.39, 0.29) is 17.0 Å². The molecule has 30 heavy (non-hydrogen) atoms. The van der Waals surface area contributed by atoms with Crippen LogP contribution in [0, 0.1) is 5.82 Å². The molecule has 0 aliphatic rings. The summed E-state index contributed by atoms with van der Waals surface area (Å²) in [6, 6.07) is 17.6. The van der Waals surface area contributed by atoms with Crippen LogP contribution in [0.15, 0.2) is 76.4 Å². The molecule has 0 saturated carbocycles. The number of halogens is 1. The summed E-state index contributed by atoms with van der Waals surface area (Å²) in [5.41, 5.74) is 3.24. The first-order chi connectivity index (χ1) is 14.6. The number of furan rings is 1. The number of hydrogen-bond acceptors (Lipinski definition) is 5. The van der Waals surface area contributed by atoms with Crippen molar-refractivity contribution in [2.24, 2.45) is 0 Å². The third kappa shape index (κ3) is 4.86. The molecular weight excluding hydrogens is 401 g/mol. The first kappa shape index (κ1) is 20.1. The Morgan fingerprint density at radius 1 is 1.07 bits per heavy atom. The number of para-hydroxylation sites is 2. The fourth-order valence-electron chi connectivity index (χ4n) is 2.98. The predicted octanol–water partition coefficient (Wildman–Crippen LogP) is 4.75. The number of rotatable bonds is 7. The molecule has 4 aromatic rings. The minimum atomic E-state index is -0.373. The van der Waals surface area contributed by atoms with Gasteiger partial charge in [0.25, 0.3) is 0 Å². The van der Waals surface area contributed by atoms with E-state index < -0.39 is 0 Å². The van der Waals surface area contributed by atoms with Crippen LogP contribution in [-0.2, 0) is 17.8 Å². The van der Waals surface area contributed by atoms with Gasteiger partial charge in [-0.2, -0.15) is 0 Å². The van der Waals surface area contributed by atoms with Gasteiger partial charge in [-0.05, 0) is 48.9 Å². The zero-order valence-corrected chi connectivity index (χ0v) is 17.2. The van der Waals surface area contributed by atoms with Gasteiger partial charge in [0.15, 0.2) is 0 Å². The maximum Gasteiger partial charge on any atom is 0.233 e. The minimum Gasteiger partial charge on any atom is -0.467 e. The number of carbonyl (C=O) groups is 1. The monoisotopic (exact) mass is 421 g/mol. The van der Waals surface area contributed by atoms with Gasteiger partial charge in [0.1, 0.15) is 16.6 Å². The van der Waals surface area contributed by atoms with Gasteiger partial charge in [-0.1, -0.05) is 36.0 Å². The van der Waals surface area contributed by atoms with E-state index >= 15 is 0 Å². The molecule has 1 N–H and O–H groups in total. The van der Waals surface area contributed by atoms with Crippen LogP contribution < -0.4 is 5.32 Å². The standard InChI is InChI=1S/C23H20FN3O2S/c1-15(22(28)25-14-18-5-4-12-29-18)30-23-21(13-16-8-10-17(24)11-9-16)26-19-6-2-3-7-20(19)27-23/h2-12,15H,13-14H2,1H3,(H,25,28)/t15-/m1/s1. The number of amides is 1. The molecule has 4 rings (SSSR count). The molecule has 0 fully saturated rings. The first-order valence-corrected chi connectivity index (χ1v) is 10.4. The van der Waals surface area contributed by atoms with Gasteiger partial charge in [-0.25, -0.2) is 14.4 Å². The lowest BCUT2D eigenvalue weighted by Gasteiger charge is -2.14. The summed E-state index contributed by atoms with van der Waals surface area (Å²) < 4.78 is 18.5. The van der Waals surface area contributed by atoms with Crippen LogP contribution >= 0.6 is 11.8 Å². The van der Waals surface area contributed by atoms with Crippen molar-refractivity contribution in [2.45, 2.75) is 30.2 Å². The van der Waals surface area contributed by atoms with E-state index in [0.717, 1.165) is 22.3 Å². The van der Waals surface area contributed by atoms with Gasteiger partial charge in [0.05, 0.1) is 34.8 Å². The molecule has 2 heterocycles. The lowest BCUT2D eigenvalue weighted by molar-refractivity contribution is -0.120. The normalized spacial score (nSPS) is 12.1. The van der Waals surface area contributed by atoms with Crippen LogP contribution in [-0.4, -0.2) is 21.1 Å². The number of carbonyl (C=O) groups excluding carboxylic acids is 1. The Morgan fingerprint density at radius 2 is 1.80 bits per heavy atom. The Morgan fingerprint density at radius 3 is 2.50 bits per heavy atom. The fourth-order valence-corrected chi connectivity index (χ4v) is 3.91. The zero-order valence-electron chi connectivity index (χ0n) is 16.3. The second-order valence-corrected chi connectivity index (χ2v) is 8.15. The molecule has 1 amide bonds. The summed E-state index contributed by atoms with van der Waals surface area (Å²) in [4.78, 5) is 22.1. The summed E-state index contributed by atoms with van der Waals surface area (Å²) in [5.74, 6) is 0.307. The average molecular weight is 421 g/mol. The zero-order chi connectivity index (χ0) is 20.9. The largest absolute Gasteiger partial charge is 0.467 e. The summed E-state index contributed by atoms with van der Waals surface area (Å²) >= 11 is 1.36. The molecule has 0 saturated heterocycles. The maximum atomic E-state index is 13.3. The fraction of sp³-hybridized carbons (Fsp3) is 0.174. The van der Waals surface area contributed by atoms with Gasteiger partial charge in [-0.3, -0.25) is 4.79 Å². The van der Waals surface area contributed by atoms with Gasteiger partial charge < -0.3 is 9.73 Å². The van der Waals surface area contributed by atoms with E-state index in [4.69, 9.17) is 14.4 Å². The summed E-state index contributed by atoms with van der Waals surface area (Å²) in [6.45, 7) is 2.17. The summed E-state index contributed by atoms with van der Waals surface area (Å²) in [7, 11) is 0. The molecule has 0 bridgehead atoms. The predicted molar refractivity (Wildman–Crippen MR) is 115 cm³/mol. The van der Waals surface area contributed by atoms with Crippen LogP contribution in [0.2, 0.25) is 0 Å². The Hall–Kier alpha value is -3.19. The van der Waals surface area contributed by atoms with Gasteiger partial charge in [-0.15, -0.1) is 0 Å². The molecule has 1 atom stereocenters. The molecule has 2 aromatic heterocycles. The summed E-state index contributed by atoms with van der Waals surface area (Å²) in [5, 5.41) is 3.19. The van der Waals surface area contributed by atoms with Crippen molar-refractivity contribution in [1.82, 2.24) is 15.3 Å². The number of aromatic nitrogens is 2. The highest BCUT2D eigenvalue weighted by Gasteiger charge is 2.19. The Bertz CT molecular complexity index is 1150. The van der Waals surface area contributed by atoms with Gasteiger partial charge in [0, 0.05) is 6.42 Å². The molecule has 152 valence electrons. The number of fused-ring (bicyclic) bond motifs is 1. The van der Waals surface area contributed by atoms with E-state index in [2.05, 4.69) is 5.32 Å².